The Labute approximate surface area is 148 Å². The molecule has 0 atom stereocenters. The van der Waals surface area contributed by atoms with Crippen LogP contribution in [-0.2, 0) is 11.8 Å². The van der Waals surface area contributed by atoms with Crippen LogP contribution in [0.5, 0.6) is 0 Å². The van der Waals surface area contributed by atoms with Gasteiger partial charge in [0.2, 0.25) is 5.56 Å². The number of benzene rings is 1. The molecule has 1 amide bonds. The van der Waals surface area contributed by atoms with Crippen LogP contribution >= 0.6 is 0 Å². The molecule has 1 heterocycles. The topological polar surface area (TPSA) is 100 Å². The molecule has 0 aliphatic rings. The van der Waals surface area contributed by atoms with Crippen LogP contribution in [0.4, 0.5) is 27.6 Å². The molecular formula is C15H12F5N3O4. The molecule has 0 fully saturated rings. The van der Waals surface area contributed by atoms with Crippen molar-refractivity contribution < 1.29 is 36.6 Å². The van der Waals surface area contributed by atoms with E-state index >= 15 is 0 Å². The molecule has 2 aromatic rings. The van der Waals surface area contributed by atoms with E-state index in [1.165, 1.54) is 29.9 Å². The van der Waals surface area contributed by atoms with Gasteiger partial charge in [0.15, 0.2) is 5.82 Å². The summed E-state index contributed by atoms with van der Waals surface area (Å²) < 4.78 is 59.0. The second kappa shape index (κ2) is 8.78. The van der Waals surface area contributed by atoms with E-state index < -0.39 is 29.7 Å². The Bertz CT molecular complexity index is 896. The summed E-state index contributed by atoms with van der Waals surface area (Å²) in [6.07, 6.45) is -3.74. The maximum Gasteiger partial charge on any atom is 0.490 e. The molecule has 0 saturated heterocycles. The van der Waals surface area contributed by atoms with Crippen LogP contribution in [0.25, 0.3) is 0 Å². The van der Waals surface area contributed by atoms with Crippen molar-refractivity contribution in [2.75, 3.05) is 5.43 Å². The lowest BCUT2D eigenvalue weighted by Gasteiger charge is -2.09. The summed E-state index contributed by atoms with van der Waals surface area (Å²) >= 11 is 0. The largest absolute Gasteiger partial charge is 0.490 e. The van der Waals surface area contributed by atoms with E-state index in [2.05, 4.69) is 10.9 Å². The van der Waals surface area contributed by atoms with E-state index in [1.54, 1.807) is 0 Å². The van der Waals surface area contributed by atoms with Crippen molar-refractivity contribution in [1.82, 2.24) is 9.99 Å². The first-order chi connectivity index (χ1) is 12.4. The number of hydrogen-bond acceptors (Lipinski definition) is 4. The number of aliphatic carboxylic acids is 1. The molecule has 1 aromatic carbocycles. The average molecular weight is 393 g/mol. The van der Waals surface area contributed by atoms with Crippen LogP contribution in [0, 0.1) is 11.6 Å². The SMILES string of the molecule is Cn1cc(C(=O)NNc2ccc(F)cc2F)ccc1=O.O=C(O)C(F)(F)F. The zero-order chi connectivity index (χ0) is 20.8. The molecule has 0 spiro atoms. The number of pyridine rings is 1. The van der Waals surface area contributed by atoms with Crippen molar-refractivity contribution in [2.24, 2.45) is 7.05 Å². The first-order valence-corrected chi connectivity index (χ1v) is 6.90. The Hall–Kier alpha value is -3.44. The maximum atomic E-state index is 13.3. The van der Waals surface area contributed by atoms with Gasteiger partial charge in [-0.2, -0.15) is 13.2 Å². The lowest BCUT2D eigenvalue weighted by molar-refractivity contribution is -0.192. The van der Waals surface area contributed by atoms with Crippen molar-refractivity contribution in [3.8, 4) is 0 Å². The van der Waals surface area contributed by atoms with E-state index in [9.17, 15) is 31.5 Å². The zero-order valence-electron chi connectivity index (χ0n) is 13.5. The number of alkyl halides is 3. The van der Waals surface area contributed by atoms with Crippen LogP contribution in [-0.4, -0.2) is 27.7 Å². The summed E-state index contributed by atoms with van der Waals surface area (Å²) in [6, 6.07) is 5.50. The monoisotopic (exact) mass is 393 g/mol. The number of rotatable bonds is 3. The number of carbonyl (C=O) groups excluding carboxylic acids is 1. The van der Waals surface area contributed by atoms with Crippen LogP contribution in [0.2, 0.25) is 0 Å². The van der Waals surface area contributed by atoms with Crippen LogP contribution in [0.3, 0.4) is 0 Å². The third-order valence-corrected chi connectivity index (χ3v) is 2.83. The predicted octanol–water partition coefficient (Wildman–Crippen LogP) is 2.05. The van der Waals surface area contributed by atoms with Crippen LogP contribution in [0.1, 0.15) is 10.4 Å². The molecule has 0 aliphatic carbocycles. The quantitative estimate of drug-likeness (QED) is 0.548. The Morgan fingerprint density at radius 3 is 2.19 bits per heavy atom. The highest BCUT2D eigenvalue weighted by Crippen LogP contribution is 2.14. The molecule has 7 nitrogen and oxygen atoms in total. The smallest absolute Gasteiger partial charge is 0.475 e. The molecule has 0 aliphatic heterocycles. The van der Waals surface area contributed by atoms with Gasteiger partial charge >= 0.3 is 12.1 Å². The molecule has 27 heavy (non-hydrogen) atoms. The number of hydrogen-bond donors (Lipinski definition) is 3. The van der Waals surface area contributed by atoms with Gasteiger partial charge in [0.25, 0.3) is 5.91 Å². The highest BCUT2D eigenvalue weighted by Gasteiger charge is 2.38. The highest BCUT2D eigenvalue weighted by atomic mass is 19.4. The molecule has 0 bridgehead atoms. The third kappa shape index (κ3) is 6.76. The standard InChI is InChI=1S/C13H11F2N3O2.C2HF3O2/c1-18-7-8(2-5-12(18)19)13(20)17-16-11-4-3-9(14)6-10(11)15;3-2(4,5)1(6)7/h2-7,16H,1H3,(H,17,20);(H,6,7). The van der Waals surface area contributed by atoms with Gasteiger partial charge in [-0.25, -0.2) is 13.6 Å². The number of halogens is 5. The number of nitrogens with zero attached hydrogens (tertiary/aromatic N) is 1. The summed E-state index contributed by atoms with van der Waals surface area (Å²) in [6.45, 7) is 0. The number of carbonyl (C=O) groups is 2. The maximum absolute atomic E-state index is 13.3. The number of aromatic nitrogens is 1. The Balaban J connectivity index is 0.000000445. The van der Waals surface area contributed by atoms with Gasteiger partial charge in [-0.1, -0.05) is 0 Å². The number of amides is 1. The van der Waals surface area contributed by atoms with E-state index in [4.69, 9.17) is 9.90 Å². The fourth-order valence-corrected chi connectivity index (χ4v) is 1.52. The van der Waals surface area contributed by atoms with Crippen LogP contribution < -0.4 is 16.4 Å². The van der Waals surface area contributed by atoms with Gasteiger partial charge in [-0.05, 0) is 18.2 Å². The van der Waals surface area contributed by atoms with E-state index in [-0.39, 0.29) is 16.8 Å². The lowest BCUT2D eigenvalue weighted by atomic mass is 10.2. The van der Waals surface area contributed by atoms with Gasteiger partial charge in [0.1, 0.15) is 5.82 Å². The summed E-state index contributed by atoms with van der Waals surface area (Å²) in [4.78, 5) is 31.9. The van der Waals surface area contributed by atoms with Crippen molar-refractivity contribution >= 4 is 17.6 Å². The fraction of sp³-hybridized carbons (Fsp3) is 0.133. The summed E-state index contributed by atoms with van der Waals surface area (Å²) in [5, 5.41) is 7.12. The average Bonchev–Trinajstić information content (AvgIpc) is 2.56. The van der Waals surface area contributed by atoms with Gasteiger partial charge in [-0.3, -0.25) is 20.4 Å². The minimum absolute atomic E-state index is 0.0652. The zero-order valence-corrected chi connectivity index (χ0v) is 13.5. The molecule has 12 heteroatoms. The number of aryl methyl sites for hydroxylation is 1. The Kier molecular flexibility index (Phi) is 7.02. The Morgan fingerprint density at radius 2 is 1.70 bits per heavy atom. The Morgan fingerprint density at radius 1 is 1.11 bits per heavy atom. The molecule has 0 radical (unpaired) electrons. The normalized spacial score (nSPS) is 10.4. The number of hydrazine groups is 1. The van der Waals surface area contributed by atoms with E-state index in [0.29, 0.717) is 6.07 Å². The first-order valence-electron chi connectivity index (χ1n) is 6.90. The molecule has 3 N–H and O–H groups in total. The summed E-state index contributed by atoms with van der Waals surface area (Å²) in [5.74, 6) is -4.85. The molecule has 146 valence electrons. The minimum atomic E-state index is -5.08. The second-order valence-corrected chi connectivity index (χ2v) is 4.87. The van der Waals surface area contributed by atoms with Crippen molar-refractivity contribution in [1.29, 1.82) is 0 Å². The molecule has 0 unspecified atom stereocenters. The number of carboxylic acids is 1. The number of nitrogens with one attached hydrogen (secondary N) is 2. The first kappa shape index (κ1) is 21.6. The van der Waals surface area contributed by atoms with Gasteiger partial charge in [-0.15, -0.1) is 0 Å². The minimum Gasteiger partial charge on any atom is -0.475 e. The molecule has 0 saturated carbocycles. The fourth-order valence-electron chi connectivity index (χ4n) is 1.52. The van der Waals surface area contributed by atoms with Gasteiger partial charge in [0.05, 0.1) is 11.3 Å². The molecule has 1 aromatic heterocycles. The van der Waals surface area contributed by atoms with E-state index in [0.717, 1.165) is 12.1 Å². The third-order valence-electron chi connectivity index (χ3n) is 2.83. The molecular weight excluding hydrogens is 381 g/mol. The number of carboxylic acid groups (broad SMARTS) is 1. The van der Waals surface area contributed by atoms with Gasteiger partial charge in [0, 0.05) is 25.4 Å². The summed E-state index contributed by atoms with van der Waals surface area (Å²) in [5.41, 5.74) is 4.51. The van der Waals surface area contributed by atoms with Crippen molar-refractivity contribution in [3.05, 3.63) is 64.1 Å². The number of anilines is 1. The predicted molar refractivity (Wildman–Crippen MR) is 82.8 cm³/mol. The van der Waals surface area contributed by atoms with E-state index in [1.807, 2.05) is 0 Å². The van der Waals surface area contributed by atoms with Crippen LogP contribution in [0.15, 0.2) is 41.3 Å². The second-order valence-electron chi connectivity index (χ2n) is 4.87. The highest BCUT2D eigenvalue weighted by molar-refractivity contribution is 5.94. The lowest BCUT2D eigenvalue weighted by Crippen LogP contribution is -2.31. The van der Waals surface area contributed by atoms with Gasteiger partial charge < -0.3 is 9.67 Å². The van der Waals surface area contributed by atoms with Crippen molar-refractivity contribution in [3.63, 3.8) is 0 Å². The van der Waals surface area contributed by atoms with Crippen molar-refractivity contribution in [2.45, 2.75) is 6.18 Å². The summed E-state index contributed by atoms with van der Waals surface area (Å²) in [7, 11) is 1.51. The molecule has 2 rings (SSSR count).